The van der Waals surface area contributed by atoms with Gasteiger partial charge in [0.1, 0.15) is 0 Å². The van der Waals surface area contributed by atoms with E-state index >= 15 is 0 Å². The van der Waals surface area contributed by atoms with Gasteiger partial charge in [-0.2, -0.15) is 0 Å². The van der Waals surface area contributed by atoms with Crippen molar-refractivity contribution in [3.8, 4) is 0 Å². The number of hydrogen-bond donors (Lipinski definition) is 1. The molecule has 0 fully saturated rings. The van der Waals surface area contributed by atoms with Crippen molar-refractivity contribution in [2.45, 2.75) is 0 Å². The summed E-state index contributed by atoms with van der Waals surface area (Å²) in [5.74, 6) is 0. The normalized spacial score (nSPS) is 14.5. The Morgan fingerprint density at radius 2 is 1.14 bits per heavy atom. The molecule has 1 unspecified atom stereocenters. The summed E-state index contributed by atoms with van der Waals surface area (Å²) in [6, 6.07) is 18.4. The Bertz CT molecular complexity index is 577. The first-order chi connectivity index (χ1) is 10.6. The van der Waals surface area contributed by atoms with Crippen molar-refractivity contribution in [2.75, 3.05) is 21.3 Å². The maximum atomic E-state index is 10.9. The molecular formula is C15H20O5Si2. The average Bonchev–Trinajstić information content (AvgIpc) is 2.61. The lowest BCUT2D eigenvalue weighted by atomic mass is 10.4. The van der Waals surface area contributed by atoms with E-state index in [9.17, 15) is 4.80 Å². The third kappa shape index (κ3) is 3.36. The molecule has 1 N–H and O–H groups in total. The zero-order chi connectivity index (χ0) is 16.1. The lowest BCUT2D eigenvalue weighted by molar-refractivity contribution is 0.121. The van der Waals surface area contributed by atoms with E-state index in [4.69, 9.17) is 17.4 Å². The molecule has 0 aliphatic heterocycles. The van der Waals surface area contributed by atoms with Crippen molar-refractivity contribution in [2.24, 2.45) is 0 Å². The summed E-state index contributed by atoms with van der Waals surface area (Å²) in [6.45, 7) is 0. The zero-order valence-electron chi connectivity index (χ0n) is 12.9. The molecule has 0 bridgehead atoms. The molecule has 1 atom stereocenters. The largest absolute Gasteiger partial charge is 0.529 e. The van der Waals surface area contributed by atoms with Crippen molar-refractivity contribution in [1.29, 1.82) is 0 Å². The van der Waals surface area contributed by atoms with Crippen LogP contribution < -0.4 is 10.4 Å². The molecule has 5 nitrogen and oxygen atoms in total. The third-order valence-corrected chi connectivity index (χ3v) is 9.27. The molecule has 7 heteroatoms. The molecule has 0 aromatic heterocycles. The van der Waals surface area contributed by atoms with Crippen molar-refractivity contribution in [3.05, 3.63) is 60.7 Å². The third-order valence-electron chi connectivity index (χ3n) is 3.35. The van der Waals surface area contributed by atoms with E-state index in [-0.39, 0.29) is 0 Å². The summed E-state index contributed by atoms with van der Waals surface area (Å²) < 4.78 is 22.5. The summed E-state index contributed by atoms with van der Waals surface area (Å²) in [5.41, 5.74) is 0. The SMILES string of the molecule is CO[Si](O)(O[Si](OC)(OC)c1ccccc1)c1ccccc1. The summed E-state index contributed by atoms with van der Waals surface area (Å²) in [7, 11) is -2.47. The van der Waals surface area contributed by atoms with Crippen LogP contribution in [0, 0.1) is 0 Å². The number of rotatable bonds is 7. The Balaban J connectivity index is 2.42. The zero-order valence-corrected chi connectivity index (χ0v) is 14.9. The molecule has 0 aliphatic rings. The molecule has 2 aromatic carbocycles. The summed E-state index contributed by atoms with van der Waals surface area (Å²) >= 11 is 0. The van der Waals surface area contributed by atoms with Gasteiger partial charge in [0.25, 0.3) is 0 Å². The Labute approximate surface area is 132 Å². The average molecular weight is 336 g/mol. The van der Waals surface area contributed by atoms with Crippen LogP contribution in [-0.4, -0.2) is 43.7 Å². The van der Waals surface area contributed by atoms with Gasteiger partial charge in [-0.1, -0.05) is 60.7 Å². The van der Waals surface area contributed by atoms with Crippen molar-refractivity contribution >= 4 is 28.0 Å². The smallest absolute Gasteiger partial charge is 0.387 e. The maximum absolute atomic E-state index is 10.9. The Kier molecular flexibility index (Phi) is 5.65. The number of hydrogen-bond acceptors (Lipinski definition) is 5. The second kappa shape index (κ2) is 7.29. The van der Waals surface area contributed by atoms with E-state index < -0.39 is 17.6 Å². The minimum atomic E-state index is -3.65. The molecule has 2 aromatic rings. The summed E-state index contributed by atoms with van der Waals surface area (Å²) in [5, 5.41) is 1.36. The van der Waals surface area contributed by atoms with E-state index in [0.717, 1.165) is 5.19 Å². The second-order valence-electron chi connectivity index (χ2n) is 4.58. The lowest BCUT2D eigenvalue weighted by Crippen LogP contribution is -2.67. The predicted molar refractivity (Wildman–Crippen MR) is 88.0 cm³/mol. The van der Waals surface area contributed by atoms with Gasteiger partial charge in [0.05, 0.1) is 0 Å². The van der Waals surface area contributed by atoms with Gasteiger partial charge in [0.2, 0.25) is 0 Å². The topological polar surface area (TPSA) is 57.2 Å². The van der Waals surface area contributed by atoms with Crippen LogP contribution in [0.3, 0.4) is 0 Å². The highest BCUT2D eigenvalue weighted by Gasteiger charge is 2.53. The lowest BCUT2D eigenvalue weighted by Gasteiger charge is -2.33. The quantitative estimate of drug-likeness (QED) is 0.752. The molecule has 0 saturated heterocycles. The van der Waals surface area contributed by atoms with Gasteiger partial charge in [0.15, 0.2) is 0 Å². The molecule has 0 saturated carbocycles. The molecule has 22 heavy (non-hydrogen) atoms. The van der Waals surface area contributed by atoms with Gasteiger partial charge in [-0.05, 0) is 0 Å². The van der Waals surface area contributed by atoms with Crippen molar-refractivity contribution < 1.29 is 22.2 Å². The highest BCUT2D eigenvalue weighted by atomic mass is 28.5. The van der Waals surface area contributed by atoms with Crippen LogP contribution in [0.1, 0.15) is 0 Å². The van der Waals surface area contributed by atoms with E-state index in [2.05, 4.69) is 0 Å². The van der Waals surface area contributed by atoms with E-state index in [1.54, 1.807) is 12.1 Å². The van der Waals surface area contributed by atoms with Gasteiger partial charge < -0.3 is 22.2 Å². The van der Waals surface area contributed by atoms with Gasteiger partial charge in [0, 0.05) is 31.7 Å². The monoisotopic (exact) mass is 336 g/mol. The first-order valence-corrected chi connectivity index (χ1v) is 10.3. The highest BCUT2D eigenvalue weighted by molar-refractivity contribution is 6.87. The minimum absolute atomic E-state index is 0.597. The van der Waals surface area contributed by atoms with E-state index in [1.165, 1.54) is 21.3 Å². The van der Waals surface area contributed by atoms with Gasteiger partial charge in [-0.25, -0.2) is 0 Å². The highest BCUT2D eigenvalue weighted by Crippen LogP contribution is 2.15. The molecule has 0 amide bonds. The molecule has 118 valence electrons. The van der Waals surface area contributed by atoms with Crippen molar-refractivity contribution in [3.63, 3.8) is 0 Å². The van der Waals surface area contributed by atoms with Crippen LogP contribution in [0.4, 0.5) is 0 Å². The molecule has 0 heterocycles. The van der Waals surface area contributed by atoms with Crippen LogP contribution in [0.15, 0.2) is 60.7 Å². The summed E-state index contributed by atoms with van der Waals surface area (Å²) in [6.07, 6.45) is 0. The Hall–Kier alpha value is -1.33. The fraction of sp³-hybridized carbons (Fsp3) is 0.200. The fourth-order valence-corrected chi connectivity index (χ4v) is 7.64. The van der Waals surface area contributed by atoms with Gasteiger partial charge in [-0.3, -0.25) is 0 Å². The van der Waals surface area contributed by atoms with Crippen LogP contribution >= 0.6 is 0 Å². The predicted octanol–water partition coefficient (Wildman–Crippen LogP) is 0.627. The minimum Gasteiger partial charge on any atom is -0.387 e. The molecular weight excluding hydrogens is 316 g/mol. The first kappa shape index (κ1) is 17.0. The Morgan fingerprint density at radius 1 is 0.682 bits per heavy atom. The van der Waals surface area contributed by atoms with Crippen molar-refractivity contribution in [1.82, 2.24) is 0 Å². The van der Waals surface area contributed by atoms with Crippen LogP contribution in [0.2, 0.25) is 0 Å². The number of benzene rings is 2. The molecule has 0 aliphatic carbocycles. The van der Waals surface area contributed by atoms with Crippen LogP contribution in [-0.2, 0) is 17.4 Å². The van der Waals surface area contributed by atoms with Crippen LogP contribution in [0.25, 0.3) is 0 Å². The van der Waals surface area contributed by atoms with Gasteiger partial charge in [-0.15, -0.1) is 0 Å². The Morgan fingerprint density at radius 3 is 1.55 bits per heavy atom. The second-order valence-corrected chi connectivity index (χ2v) is 10.1. The standard InChI is InChI=1S/C15H20O5Si2/c1-17-21(16,14-10-6-4-7-11-14)20-22(18-2,19-3)15-12-8-5-9-13-15/h4-13,16H,1-3H3. The fourth-order valence-electron chi connectivity index (χ4n) is 2.15. The van der Waals surface area contributed by atoms with E-state index in [0.29, 0.717) is 5.19 Å². The summed E-state index contributed by atoms with van der Waals surface area (Å²) in [4.78, 5) is 10.9. The molecule has 0 spiro atoms. The first-order valence-electron chi connectivity index (χ1n) is 6.79. The van der Waals surface area contributed by atoms with Gasteiger partial charge >= 0.3 is 17.6 Å². The van der Waals surface area contributed by atoms with Crippen LogP contribution in [0.5, 0.6) is 0 Å². The molecule has 0 radical (unpaired) electrons. The maximum Gasteiger partial charge on any atom is 0.529 e. The molecule has 2 rings (SSSR count). The van der Waals surface area contributed by atoms with E-state index in [1.807, 2.05) is 48.5 Å².